The molecular weight excluding hydrogens is 80.0 g/mol. The van der Waals surface area contributed by atoms with Crippen molar-refractivity contribution in [3.63, 3.8) is 0 Å². The van der Waals surface area contributed by atoms with E-state index in [1.165, 1.54) is 0 Å². The largest absolute Gasteiger partial charge is 0.298 e. The van der Waals surface area contributed by atoms with Gasteiger partial charge in [-0.05, 0) is 0 Å². The van der Waals surface area contributed by atoms with E-state index >= 15 is 0 Å². The van der Waals surface area contributed by atoms with Crippen LogP contribution >= 0.6 is 0 Å². The van der Waals surface area contributed by atoms with Crippen LogP contribution in [0, 0.1) is 12.5 Å². The molecule has 0 saturated carbocycles. The predicted octanol–water partition coefficient (Wildman–Crippen LogP) is 0.421. The van der Waals surface area contributed by atoms with E-state index in [1.54, 1.807) is 0 Å². The monoisotopic (exact) mass is 85.0 g/mol. The first kappa shape index (κ1) is 5.27. The third kappa shape index (κ3) is 3.27. The molecule has 0 aliphatic heterocycles. The Morgan fingerprint density at radius 3 is 2.50 bits per heavy atom. The van der Waals surface area contributed by atoms with Crippen LogP contribution in [0.4, 0.5) is 0 Å². The number of Topliss-reactive ketones (excluding diaryl/α,β-unsaturated/α-hetero) is 1. The van der Waals surface area contributed by atoms with Gasteiger partial charge in [-0.25, -0.2) is 5.53 Å². The fourth-order valence-electron chi connectivity index (χ4n) is 0.0882. The van der Waals surface area contributed by atoms with Crippen LogP contribution in [0.5, 0.6) is 0 Å². The van der Waals surface area contributed by atoms with Gasteiger partial charge in [-0.15, -0.1) is 0 Å². The molecule has 0 aromatic rings. The molecule has 0 spiro atoms. The molecule has 0 unspecified atom stereocenters. The second-order valence-corrected chi connectivity index (χ2v) is 0.855. The second kappa shape index (κ2) is 2.50. The highest BCUT2D eigenvalue weighted by atomic mass is 16.1. The minimum atomic E-state index is -0.315. The molecule has 0 aromatic heterocycles. The van der Waals surface area contributed by atoms with Crippen molar-refractivity contribution in [2.45, 2.75) is 0 Å². The zero-order chi connectivity index (χ0) is 4.99. The fourth-order valence-corrected chi connectivity index (χ4v) is 0.0882. The first-order chi connectivity index (χ1) is 2.77. The van der Waals surface area contributed by atoms with Gasteiger partial charge in [-0.3, -0.25) is 4.79 Å². The lowest BCUT2D eigenvalue weighted by Gasteiger charge is -1.73. The van der Waals surface area contributed by atoms with E-state index in [2.05, 4.69) is 12.0 Å². The molecule has 0 heterocycles. The summed E-state index contributed by atoms with van der Waals surface area (Å²) in [6.45, 7) is 2.89. The van der Waals surface area contributed by atoms with E-state index in [0.29, 0.717) is 0 Å². The van der Waals surface area contributed by atoms with E-state index in [0.717, 1.165) is 0 Å². The van der Waals surface area contributed by atoms with Gasteiger partial charge >= 0.3 is 0 Å². The Balaban J connectivity index is 3.05. The van der Waals surface area contributed by atoms with Crippen LogP contribution in [-0.2, 0) is 4.79 Å². The molecule has 0 atom stereocenters. The van der Waals surface area contributed by atoms with Crippen LogP contribution in [-0.4, -0.2) is 12.3 Å². The van der Waals surface area contributed by atoms with Gasteiger partial charge in [0.15, 0.2) is 5.78 Å². The van der Waals surface area contributed by atoms with E-state index < -0.39 is 0 Å². The molecule has 0 saturated heterocycles. The number of hydrogen-bond acceptors (Lipinski definition) is 3. The molecule has 3 nitrogen and oxygen atoms in total. The predicted molar refractivity (Wildman–Crippen MR) is 20.4 cm³/mol. The highest BCUT2D eigenvalue weighted by Crippen LogP contribution is 1.65. The highest BCUT2D eigenvalue weighted by molar-refractivity contribution is 5.84. The lowest BCUT2D eigenvalue weighted by Crippen LogP contribution is -1.91. The number of carbonyl (C=O) groups excluding carboxylic acids is 1. The molecule has 1 N–H and O–H groups in total. The molecule has 1 radical (unpaired) electrons. The lowest BCUT2D eigenvalue weighted by atomic mass is 10.5. The topological polar surface area (TPSA) is 53.3 Å². The summed E-state index contributed by atoms with van der Waals surface area (Å²) >= 11 is 0. The number of rotatable bonds is 2. The van der Waals surface area contributed by atoms with Gasteiger partial charge in [0.1, 0.15) is 6.54 Å². The minimum Gasteiger partial charge on any atom is -0.298 e. The maximum atomic E-state index is 9.72. The van der Waals surface area contributed by atoms with Crippen molar-refractivity contribution in [1.29, 1.82) is 5.53 Å². The summed E-state index contributed by atoms with van der Waals surface area (Å²) in [7, 11) is 0. The lowest BCUT2D eigenvalue weighted by molar-refractivity contribution is -0.113. The molecule has 33 valence electrons. The van der Waals surface area contributed by atoms with Gasteiger partial charge in [-0.1, -0.05) is 0 Å². The normalized spacial score (nSPS) is 7.50. The van der Waals surface area contributed by atoms with Crippen molar-refractivity contribution in [2.75, 3.05) is 6.54 Å². The molecule has 3 heteroatoms. The Morgan fingerprint density at radius 2 is 2.50 bits per heavy atom. The fraction of sp³-hybridized carbons (Fsp3) is 0.333. The smallest absolute Gasteiger partial charge is 0.156 e. The summed E-state index contributed by atoms with van der Waals surface area (Å²) < 4.78 is 0. The molecule has 0 aromatic carbocycles. The second-order valence-electron chi connectivity index (χ2n) is 0.855. The van der Waals surface area contributed by atoms with Gasteiger partial charge in [0, 0.05) is 6.92 Å². The standard InChI is InChI=1S/C3H5N2O/c1-3(6)2-5-4/h4H,1-2H2. The van der Waals surface area contributed by atoms with Gasteiger partial charge in [-0.2, -0.15) is 5.11 Å². The molecule has 0 aliphatic rings. The van der Waals surface area contributed by atoms with E-state index in [-0.39, 0.29) is 12.3 Å². The van der Waals surface area contributed by atoms with E-state index in [1.807, 2.05) is 0 Å². The van der Waals surface area contributed by atoms with Gasteiger partial charge in [0.05, 0.1) is 0 Å². The quantitative estimate of drug-likeness (QED) is 0.485. The molecule has 0 aliphatic carbocycles. The van der Waals surface area contributed by atoms with E-state index in [9.17, 15) is 4.79 Å². The van der Waals surface area contributed by atoms with Crippen LogP contribution in [0.15, 0.2) is 5.11 Å². The Bertz CT molecular complexity index is 69.2. The summed E-state index contributed by atoms with van der Waals surface area (Å²) in [5.74, 6) is -0.315. The van der Waals surface area contributed by atoms with Crippen molar-refractivity contribution in [3.8, 4) is 0 Å². The summed E-state index contributed by atoms with van der Waals surface area (Å²) in [6, 6.07) is 0. The summed E-state index contributed by atoms with van der Waals surface area (Å²) in [6.07, 6.45) is 0. The van der Waals surface area contributed by atoms with Crippen molar-refractivity contribution in [2.24, 2.45) is 5.11 Å². The van der Waals surface area contributed by atoms with Crippen molar-refractivity contribution in [3.05, 3.63) is 6.92 Å². The van der Waals surface area contributed by atoms with Crippen LogP contribution in [0.3, 0.4) is 0 Å². The number of ketones is 1. The average Bonchev–Trinajstić information content (AvgIpc) is 1.35. The van der Waals surface area contributed by atoms with Crippen LogP contribution in [0.2, 0.25) is 0 Å². The maximum Gasteiger partial charge on any atom is 0.156 e. The van der Waals surface area contributed by atoms with Gasteiger partial charge < -0.3 is 0 Å². The molecule has 0 amide bonds. The highest BCUT2D eigenvalue weighted by Gasteiger charge is 1.82. The SMILES string of the molecule is [CH2]C(=O)CN=N. The Kier molecular flexibility index (Phi) is 2.20. The number of carbonyl (C=O) groups is 1. The molecule has 0 bridgehead atoms. The summed E-state index contributed by atoms with van der Waals surface area (Å²) in [5.41, 5.74) is 6.10. The molecule has 6 heavy (non-hydrogen) atoms. The maximum absolute atomic E-state index is 9.72. The molecule has 0 rings (SSSR count). The molecular formula is C3H5N2O. The van der Waals surface area contributed by atoms with E-state index in [4.69, 9.17) is 5.53 Å². The Labute approximate surface area is 35.9 Å². The average molecular weight is 85.1 g/mol. The van der Waals surface area contributed by atoms with Crippen molar-refractivity contribution >= 4 is 5.78 Å². The van der Waals surface area contributed by atoms with Crippen molar-refractivity contribution in [1.82, 2.24) is 0 Å². The number of hydrogen-bond donors (Lipinski definition) is 1. The minimum absolute atomic E-state index is 0.0833. The third-order valence-electron chi connectivity index (χ3n) is 0.255. The third-order valence-corrected chi connectivity index (χ3v) is 0.255. The van der Waals surface area contributed by atoms with Crippen LogP contribution in [0.1, 0.15) is 0 Å². The zero-order valence-electron chi connectivity index (χ0n) is 3.27. The first-order valence-electron chi connectivity index (χ1n) is 1.45. The first-order valence-corrected chi connectivity index (χ1v) is 1.45. The molecule has 0 fully saturated rings. The van der Waals surface area contributed by atoms with Crippen LogP contribution < -0.4 is 0 Å². The van der Waals surface area contributed by atoms with Crippen molar-refractivity contribution < 1.29 is 4.79 Å². The Hall–Kier alpha value is -0.730. The van der Waals surface area contributed by atoms with Crippen LogP contribution in [0.25, 0.3) is 0 Å². The summed E-state index contributed by atoms with van der Waals surface area (Å²) in [4.78, 5) is 9.72. The zero-order valence-corrected chi connectivity index (χ0v) is 3.27. The summed E-state index contributed by atoms with van der Waals surface area (Å²) in [5, 5.41) is 2.77. The van der Waals surface area contributed by atoms with Gasteiger partial charge in [0.2, 0.25) is 0 Å². The number of nitrogens with zero attached hydrogens (tertiary/aromatic N) is 1. The van der Waals surface area contributed by atoms with Gasteiger partial charge in [0.25, 0.3) is 0 Å². The number of nitrogens with one attached hydrogen (secondary N) is 1. The Morgan fingerprint density at radius 1 is 2.00 bits per heavy atom.